The van der Waals surface area contributed by atoms with Crippen LogP contribution in [0, 0.1) is 17.8 Å². The van der Waals surface area contributed by atoms with Gasteiger partial charge in [-0.05, 0) is 106 Å². The lowest BCUT2D eigenvalue weighted by atomic mass is 9.96. The SMILES string of the molecule is CCC(C)C1NC(=O)C2CCCN2C(=O)C2CCCN2C(=O)C(C(C)CC)NC(=O)C(Cc2ccc(O)cc2)NC(=O)C2CCCN2C(=O)C2CCCN2C(=O)C(CC(C)C)NC(=O)C(C)NC(=O)[C@H](Cc2ccccc2)NC1=O. The third-order valence-corrected chi connectivity index (χ3v) is 16.9. The van der Waals surface area contributed by atoms with E-state index in [2.05, 4.69) is 31.9 Å². The molecule has 12 atom stereocenters. The average Bonchev–Trinajstić information content (AvgIpc) is 4.34. The molecule has 7 rings (SSSR count). The normalized spacial score (nSPS) is 29.1. The number of carbonyl (C=O) groups excluding carboxylic acids is 10. The van der Waals surface area contributed by atoms with Gasteiger partial charge in [-0.3, -0.25) is 47.9 Å². The van der Waals surface area contributed by atoms with Gasteiger partial charge < -0.3 is 56.6 Å². The highest BCUT2D eigenvalue weighted by atomic mass is 16.3. The smallest absolute Gasteiger partial charge is 0.246 e. The lowest BCUT2D eigenvalue weighted by Crippen LogP contribution is -2.62. The fourth-order valence-corrected chi connectivity index (χ4v) is 11.9. The molecule has 0 aromatic heterocycles. The van der Waals surface area contributed by atoms with Crippen molar-refractivity contribution in [2.24, 2.45) is 17.8 Å². The van der Waals surface area contributed by atoms with Crippen molar-refractivity contribution in [2.45, 2.75) is 192 Å². The number of aromatic hydroxyl groups is 1. The summed E-state index contributed by atoms with van der Waals surface area (Å²) in [5.41, 5.74) is 1.29. The van der Waals surface area contributed by atoms with Crippen molar-refractivity contribution in [1.82, 2.24) is 51.5 Å². The maximum atomic E-state index is 14.9. The van der Waals surface area contributed by atoms with Crippen LogP contribution in [0.3, 0.4) is 0 Å². The number of hydrogen-bond acceptors (Lipinski definition) is 11. The van der Waals surface area contributed by atoms with E-state index < -0.39 is 131 Å². The maximum Gasteiger partial charge on any atom is 0.246 e. The molecule has 5 aliphatic heterocycles. The third kappa shape index (κ3) is 14.5. The molecule has 5 aliphatic rings. The lowest BCUT2D eigenvalue weighted by Gasteiger charge is -2.35. The molecule has 0 spiro atoms. The van der Waals surface area contributed by atoms with Gasteiger partial charge in [0.15, 0.2) is 0 Å². The van der Waals surface area contributed by atoms with Gasteiger partial charge in [-0.2, -0.15) is 0 Å². The predicted octanol–water partition coefficient (Wildman–Crippen LogP) is 2.22. The largest absolute Gasteiger partial charge is 0.508 e. The van der Waals surface area contributed by atoms with E-state index in [1.165, 1.54) is 38.7 Å². The number of rotatable bonds is 10. The van der Waals surface area contributed by atoms with Gasteiger partial charge >= 0.3 is 0 Å². The average molecular weight is 1110 g/mol. The van der Waals surface area contributed by atoms with Crippen LogP contribution in [0.15, 0.2) is 54.6 Å². The highest BCUT2D eigenvalue weighted by Crippen LogP contribution is 2.30. The summed E-state index contributed by atoms with van der Waals surface area (Å²) < 4.78 is 0. The van der Waals surface area contributed by atoms with Crippen molar-refractivity contribution >= 4 is 59.1 Å². The summed E-state index contributed by atoms with van der Waals surface area (Å²) in [4.78, 5) is 152. The Morgan fingerprint density at radius 3 is 1.38 bits per heavy atom. The van der Waals surface area contributed by atoms with E-state index in [1.807, 2.05) is 40.7 Å². The van der Waals surface area contributed by atoms with Gasteiger partial charge in [0.1, 0.15) is 66.2 Å². The molecule has 5 saturated heterocycles. The number of phenolic OH excluding ortho intramolecular Hbond substituents is 1. The van der Waals surface area contributed by atoms with Crippen LogP contribution in [0.1, 0.15) is 130 Å². The molecule has 0 radical (unpaired) electrons. The number of benzene rings is 2. The van der Waals surface area contributed by atoms with Gasteiger partial charge in [0.05, 0.1) is 0 Å². The van der Waals surface area contributed by atoms with Crippen molar-refractivity contribution in [3.63, 3.8) is 0 Å². The molecule has 2 aromatic carbocycles. The molecule has 0 bridgehead atoms. The molecule has 11 unspecified atom stereocenters. The molecule has 80 heavy (non-hydrogen) atoms. The number of amides is 10. The van der Waals surface area contributed by atoms with Crippen LogP contribution in [0.2, 0.25) is 0 Å². The lowest BCUT2D eigenvalue weighted by molar-refractivity contribution is -0.149. The number of nitrogens with one attached hydrogen (secondary N) is 6. The minimum Gasteiger partial charge on any atom is -0.508 e. The Labute approximate surface area is 469 Å². The molecule has 2 aromatic rings. The Bertz CT molecular complexity index is 2580. The number of fused-ring (bicyclic) bond motifs is 4. The van der Waals surface area contributed by atoms with Crippen molar-refractivity contribution < 1.29 is 53.1 Å². The van der Waals surface area contributed by atoms with E-state index in [4.69, 9.17) is 0 Å². The summed E-state index contributed by atoms with van der Waals surface area (Å²) in [5.74, 6) is -6.69. The summed E-state index contributed by atoms with van der Waals surface area (Å²) in [5, 5.41) is 27.3. The van der Waals surface area contributed by atoms with Crippen LogP contribution in [-0.4, -0.2) is 170 Å². The first-order valence-electron chi connectivity index (χ1n) is 29.1. The van der Waals surface area contributed by atoms with Gasteiger partial charge in [0.2, 0.25) is 59.1 Å². The molecule has 21 nitrogen and oxygen atoms in total. The molecule has 5 heterocycles. The van der Waals surface area contributed by atoms with Crippen LogP contribution in [0.25, 0.3) is 0 Å². The van der Waals surface area contributed by atoms with E-state index >= 15 is 0 Å². The number of nitrogens with zero attached hydrogens (tertiary/aromatic N) is 4. The zero-order valence-corrected chi connectivity index (χ0v) is 47.5. The molecular formula is C59H84N10O11. The Morgan fingerprint density at radius 2 is 0.863 bits per heavy atom. The predicted molar refractivity (Wildman–Crippen MR) is 297 cm³/mol. The summed E-state index contributed by atoms with van der Waals surface area (Å²) in [6, 6.07) is 4.15. The fraction of sp³-hybridized carbons (Fsp3) is 0.627. The van der Waals surface area contributed by atoms with Gasteiger partial charge in [-0.1, -0.05) is 96.8 Å². The van der Waals surface area contributed by atoms with Crippen LogP contribution < -0.4 is 31.9 Å². The van der Waals surface area contributed by atoms with Crippen molar-refractivity contribution in [3.8, 4) is 5.75 Å². The van der Waals surface area contributed by atoms with Crippen LogP contribution in [-0.2, 0) is 60.8 Å². The summed E-state index contributed by atoms with van der Waals surface area (Å²) in [7, 11) is 0. The van der Waals surface area contributed by atoms with E-state index in [9.17, 15) is 53.1 Å². The first-order chi connectivity index (χ1) is 38.2. The third-order valence-electron chi connectivity index (χ3n) is 16.9. The minimum atomic E-state index is -1.27. The monoisotopic (exact) mass is 1110 g/mol. The van der Waals surface area contributed by atoms with Crippen LogP contribution >= 0.6 is 0 Å². The Hall–Kier alpha value is -7.06. The van der Waals surface area contributed by atoms with Gasteiger partial charge in [-0.15, -0.1) is 0 Å². The second kappa shape index (κ2) is 27.4. The van der Waals surface area contributed by atoms with E-state index in [0.29, 0.717) is 68.9 Å². The Kier molecular flexibility index (Phi) is 20.8. The fourth-order valence-electron chi connectivity index (χ4n) is 11.9. The summed E-state index contributed by atoms with van der Waals surface area (Å²) in [6.45, 7) is 13.5. The Morgan fingerprint density at radius 1 is 0.450 bits per heavy atom. The van der Waals surface area contributed by atoms with E-state index in [0.717, 1.165) is 0 Å². The first kappa shape index (κ1) is 60.6. The van der Waals surface area contributed by atoms with Gasteiger partial charge in [0.25, 0.3) is 0 Å². The van der Waals surface area contributed by atoms with Crippen LogP contribution in [0.4, 0.5) is 0 Å². The summed E-state index contributed by atoms with van der Waals surface area (Å²) >= 11 is 0. The van der Waals surface area contributed by atoms with Crippen molar-refractivity contribution in [1.29, 1.82) is 0 Å². The molecule has 0 saturated carbocycles. The molecule has 436 valence electrons. The second-order valence-electron chi connectivity index (χ2n) is 23.1. The van der Waals surface area contributed by atoms with Crippen LogP contribution in [0.5, 0.6) is 5.75 Å². The molecule has 7 N–H and O–H groups in total. The number of phenols is 1. The Balaban J connectivity index is 1.24. The second-order valence-corrected chi connectivity index (χ2v) is 23.1. The molecule has 5 fully saturated rings. The zero-order valence-electron chi connectivity index (χ0n) is 47.5. The topological polar surface area (TPSA) is 276 Å². The molecule has 10 amide bonds. The van der Waals surface area contributed by atoms with E-state index in [1.54, 1.807) is 43.3 Å². The van der Waals surface area contributed by atoms with Gasteiger partial charge in [-0.25, -0.2) is 0 Å². The minimum absolute atomic E-state index is 0.00659. The summed E-state index contributed by atoms with van der Waals surface area (Å²) in [6.07, 6.45) is 4.17. The number of hydrogen-bond donors (Lipinski definition) is 7. The standard InChI is InChI=1S/C59H84N10O11/c1-8-35(5)48-55(76)62-41(32-38-17-11-10-12-18-38)51(72)60-37(7)50(71)63-43(31-34(3)4)56(77)68-29-15-21-46(68)57(78)66-27-13-19-44(66)53(74)61-42(33-39-23-25-40(70)26-24-39)52(73)65-49(36(6)9-2)59(80)69-30-16-22-47(69)58(79)67-28-14-20-45(67)54(75)64-48/h10-12,17-18,23-26,34-37,41-49,70H,8-9,13-16,19-22,27-33H2,1-7H3,(H,60,72)(H,61,74)(H,62,76)(H,63,71)(H,64,75)(H,65,73)/t35?,36?,37?,41-,42?,43?,44?,45?,46?,47?,48?,49?/m0/s1. The first-order valence-corrected chi connectivity index (χ1v) is 29.1. The molecule has 0 aliphatic carbocycles. The molecular weight excluding hydrogens is 1020 g/mol. The zero-order chi connectivity index (χ0) is 57.9. The molecule has 21 heteroatoms. The quantitative estimate of drug-likeness (QED) is 0.181. The van der Waals surface area contributed by atoms with Crippen molar-refractivity contribution in [3.05, 3.63) is 65.7 Å². The highest BCUT2D eigenvalue weighted by Gasteiger charge is 2.47. The van der Waals surface area contributed by atoms with E-state index in [-0.39, 0.29) is 63.5 Å². The highest BCUT2D eigenvalue weighted by molar-refractivity contribution is 6.00. The van der Waals surface area contributed by atoms with Crippen molar-refractivity contribution in [2.75, 3.05) is 26.2 Å². The maximum absolute atomic E-state index is 14.9. The van der Waals surface area contributed by atoms with Gasteiger partial charge in [0, 0.05) is 39.0 Å². The number of carbonyl (C=O) groups is 10.